The number of carboxylic acid groups (broad SMARTS) is 1. The van der Waals surface area contributed by atoms with Crippen LogP contribution in [-0.2, 0) is 19.6 Å². The molecular formula is C28H40N2O7S. The molecule has 0 aliphatic heterocycles. The molecule has 0 radical (unpaired) electrons. The molecule has 0 atom stereocenters. The first-order chi connectivity index (χ1) is 18.0. The van der Waals surface area contributed by atoms with E-state index in [-0.39, 0.29) is 22.2 Å². The lowest BCUT2D eigenvalue weighted by molar-refractivity contribution is -0.154. The molecule has 0 aliphatic rings. The molecule has 210 valence electrons. The van der Waals surface area contributed by atoms with Gasteiger partial charge in [-0.05, 0) is 70.0 Å². The molecule has 2 N–H and O–H groups in total. The Balaban J connectivity index is 1.55. The summed E-state index contributed by atoms with van der Waals surface area (Å²) < 4.78 is 38.4. The molecule has 0 bridgehead atoms. The van der Waals surface area contributed by atoms with Crippen molar-refractivity contribution < 1.29 is 32.6 Å². The second-order valence-electron chi connectivity index (χ2n) is 10.2. The molecule has 0 saturated carbocycles. The molecule has 0 saturated heterocycles. The van der Waals surface area contributed by atoms with E-state index in [4.69, 9.17) is 14.6 Å². The van der Waals surface area contributed by atoms with Crippen LogP contribution < -0.4 is 9.46 Å². The lowest BCUT2D eigenvalue weighted by atomic mass is 10.1. The fourth-order valence-electron chi connectivity index (χ4n) is 3.68. The fraction of sp³-hybridized carbons (Fsp3) is 0.536. The monoisotopic (exact) mass is 548 g/mol. The van der Waals surface area contributed by atoms with Crippen LogP contribution in [0.25, 0.3) is 0 Å². The van der Waals surface area contributed by atoms with Crippen LogP contribution in [0.3, 0.4) is 0 Å². The van der Waals surface area contributed by atoms with E-state index in [2.05, 4.69) is 9.71 Å². The first kappa shape index (κ1) is 31.1. The van der Waals surface area contributed by atoms with Crippen molar-refractivity contribution in [3.05, 3.63) is 48.2 Å². The molecule has 0 unspecified atom stereocenters. The normalized spacial score (nSPS) is 11.7. The smallest absolute Gasteiger partial charge is 0.337 e. The Hall–Kier alpha value is -3.14. The number of carbonyl (C=O) groups is 2. The number of rotatable bonds is 17. The van der Waals surface area contributed by atoms with E-state index in [1.165, 1.54) is 43.5 Å². The minimum Gasteiger partial charge on any atom is -0.494 e. The molecule has 38 heavy (non-hydrogen) atoms. The number of unbranched alkanes of at least 4 members (excludes halogenated alkanes) is 8. The van der Waals surface area contributed by atoms with E-state index in [9.17, 15) is 18.0 Å². The van der Waals surface area contributed by atoms with Gasteiger partial charge >= 0.3 is 11.9 Å². The van der Waals surface area contributed by atoms with Gasteiger partial charge in [-0.25, -0.2) is 18.2 Å². The van der Waals surface area contributed by atoms with Gasteiger partial charge in [0.25, 0.3) is 10.0 Å². The Kier molecular flexibility index (Phi) is 12.5. The quantitative estimate of drug-likeness (QED) is 0.176. The highest BCUT2D eigenvalue weighted by molar-refractivity contribution is 7.92. The van der Waals surface area contributed by atoms with Crippen LogP contribution in [0.4, 0.5) is 5.82 Å². The Bertz CT molecular complexity index is 1110. The highest BCUT2D eigenvalue weighted by Crippen LogP contribution is 2.19. The Morgan fingerprint density at radius 1 is 0.868 bits per heavy atom. The second-order valence-corrected chi connectivity index (χ2v) is 11.9. The van der Waals surface area contributed by atoms with E-state index in [1.807, 2.05) is 20.8 Å². The van der Waals surface area contributed by atoms with Gasteiger partial charge in [-0.2, -0.15) is 0 Å². The first-order valence-electron chi connectivity index (χ1n) is 13.1. The number of hydrogen-bond donors (Lipinski definition) is 2. The van der Waals surface area contributed by atoms with Crippen molar-refractivity contribution in [2.45, 2.75) is 95.5 Å². The van der Waals surface area contributed by atoms with E-state index in [0.717, 1.165) is 44.7 Å². The Morgan fingerprint density at radius 3 is 1.97 bits per heavy atom. The number of anilines is 1. The van der Waals surface area contributed by atoms with Crippen LogP contribution in [-0.4, -0.2) is 42.7 Å². The van der Waals surface area contributed by atoms with Gasteiger partial charge in [-0.3, -0.25) is 9.52 Å². The van der Waals surface area contributed by atoms with Crippen molar-refractivity contribution in [2.24, 2.45) is 0 Å². The van der Waals surface area contributed by atoms with Crippen molar-refractivity contribution in [1.29, 1.82) is 0 Å². The summed E-state index contributed by atoms with van der Waals surface area (Å²) in [7, 11) is -3.86. The number of benzene rings is 1. The summed E-state index contributed by atoms with van der Waals surface area (Å²) >= 11 is 0. The molecule has 0 aliphatic carbocycles. The topological polar surface area (TPSA) is 132 Å². The average molecular weight is 549 g/mol. The van der Waals surface area contributed by atoms with Crippen LogP contribution in [0.2, 0.25) is 0 Å². The van der Waals surface area contributed by atoms with Gasteiger partial charge in [0.05, 0.1) is 17.1 Å². The number of nitrogens with one attached hydrogen (secondary N) is 1. The SMILES string of the molecule is CC(C)(C)OC(=O)CCCCCCCCCCCOc1ccc(S(=O)(=O)Nc2ccc(C(=O)O)cn2)cc1. The zero-order valence-electron chi connectivity index (χ0n) is 22.6. The summed E-state index contributed by atoms with van der Waals surface area (Å²) in [6.45, 7) is 6.22. The molecule has 2 aromatic rings. The third kappa shape index (κ3) is 12.4. The number of ether oxygens (including phenoxy) is 2. The van der Waals surface area contributed by atoms with Gasteiger partial charge in [-0.1, -0.05) is 44.9 Å². The van der Waals surface area contributed by atoms with Crippen molar-refractivity contribution in [1.82, 2.24) is 4.98 Å². The lowest BCUT2D eigenvalue weighted by Crippen LogP contribution is -2.23. The summed E-state index contributed by atoms with van der Waals surface area (Å²) in [6, 6.07) is 8.71. The summed E-state index contributed by atoms with van der Waals surface area (Å²) in [5.41, 5.74) is -0.438. The van der Waals surface area contributed by atoms with Gasteiger partial charge in [0, 0.05) is 12.6 Å². The number of pyridine rings is 1. The summed E-state index contributed by atoms with van der Waals surface area (Å²) in [5, 5.41) is 8.91. The molecule has 0 fully saturated rings. The van der Waals surface area contributed by atoms with Gasteiger partial charge in [0.15, 0.2) is 0 Å². The number of aromatic carboxylic acids is 1. The number of nitrogens with zero attached hydrogens (tertiary/aromatic N) is 1. The van der Waals surface area contributed by atoms with Crippen LogP contribution in [0.15, 0.2) is 47.5 Å². The van der Waals surface area contributed by atoms with Gasteiger partial charge in [-0.15, -0.1) is 0 Å². The highest BCUT2D eigenvalue weighted by atomic mass is 32.2. The number of carboxylic acids is 1. The number of aromatic nitrogens is 1. The maximum atomic E-state index is 12.5. The zero-order valence-corrected chi connectivity index (χ0v) is 23.4. The van der Waals surface area contributed by atoms with Crippen molar-refractivity contribution >= 4 is 27.8 Å². The van der Waals surface area contributed by atoms with Gasteiger partial charge in [0.1, 0.15) is 17.2 Å². The second kappa shape index (κ2) is 15.3. The number of hydrogen-bond acceptors (Lipinski definition) is 7. The summed E-state index contributed by atoms with van der Waals surface area (Å²) in [5.74, 6) is -0.618. The standard InChI is InChI=1S/C28H40N2O7S/c1-28(2,3)37-26(31)13-11-9-7-5-4-6-8-10-12-20-36-23-15-17-24(18-16-23)38(34,35)30-25-19-14-22(21-29-25)27(32)33/h14-19,21H,4-13,20H2,1-3H3,(H,29,30)(H,32,33). The summed E-state index contributed by atoms with van der Waals surface area (Å²) in [4.78, 5) is 26.4. The predicted octanol–water partition coefficient (Wildman–Crippen LogP) is 6.20. The van der Waals surface area contributed by atoms with E-state index in [1.54, 1.807) is 12.1 Å². The number of carbonyl (C=O) groups excluding carboxylic acids is 1. The van der Waals surface area contributed by atoms with Crippen molar-refractivity contribution in [2.75, 3.05) is 11.3 Å². The van der Waals surface area contributed by atoms with Gasteiger partial charge < -0.3 is 14.6 Å². The van der Waals surface area contributed by atoms with E-state index < -0.39 is 21.6 Å². The van der Waals surface area contributed by atoms with Crippen LogP contribution >= 0.6 is 0 Å². The molecule has 0 spiro atoms. The van der Waals surface area contributed by atoms with Crippen molar-refractivity contribution in [3.8, 4) is 5.75 Å². The van der Waals surface area contributed by atoms with Crippen LogP contribution in [0.1, 0.15) is 95.3 Å². The Morgan fingerprint density at radius 2 is 1.45 bits per heavy atom. The maximum absolute atomic E-state index is 12.5. The molecule has 1 heterocycles. The highest BCUT2D eigenvalue weighted by Gasteiger charge is 2.16. The third-order valence-corrected chi connectivity index (χ3v) is 6.97. The minimum absolute atomic E-state index is 0.0294. The lowest BCUT2D eigenvalue weighted by Gasteiger charge is -2.19. The zero-order chi connectivity index (χ0) is 28.0. The number of sulfonamides is 1. The average Bonchev–Trinajstić information content (AvgIpc) is 2.84. The van der Waals surface area contributed by atoms with Crippen LogP contribution in [0.5, 0.6) is 5.75 Å². The van der Waals surface area contributed by atoms with E-state index >= 15 is 0 Å². The molecule has 0 amide bonds. The molecule has 1 aromatic heterocycles. The molecule has 2 rings (SSSR count). The minimum atomic E-state index is -3.86. The summed E-state index contributed by atoms with van der Waals surface area (Å²) in [6.07, 6.45) is 11.4. The maximum Gasteiger partial charge on any atom is 0.337 e. The first-order valence-corrected chi connectivity index (χ1v) is 14.6. The fourth-order valence-corrected chi connectivity index (χ4v) is 4.69. The molecular weight excluding hydrogens is 508 g/mol. The number of esters is 1. The van der Waals surface area contributed by atoms with Gasteiger partial charge in [0.2, 0.25) is 0 Å². The van der Waals surface area contributed by atoms with Crippen molar-refractivity contribution in [3.63, 3.8) is 0 Å². The third-order valence-electron chi connectivity index (χ3n) is 5.60. The molecule has 1 aromatic carbocycles. The largest absolute Gasteiger partial charge is 0.494 e. The van der Waals surface area contributed by atoms with Crippen LogP contribution in [0, 0.1) is 0 Å². The predicted molar refractivity (Wildman–Crippen MR) is 146 cm³/mol. The Labute approximate surface area is 226 Å². The molecule has 9 nitrogen and oxygen atoms in total. The van der Waals surface area contributed by atoms with E-state index in [0.29, 0.717) is 18.8 Å². The molecule has 10 heteroatoms.